The average molecular weight is 311 g/mol. The highest BCUT2D eigenvalue weighted by atomic mass is 32.2. The molecule has 0 amide bonds. The number of amidine groups is 1. The topological polar surface area (TPSA) is 105 Å². The molecule has 0 aliphatic heterocycles. The van der Waals surface area contributed by atoms with Crippen molar-refractivity contribution in [2.45, 2.75) is 32.1 Å². The fourth-order valence-electron chi connectivity index (χ4n) is 2.65. The van der Waals surface area contributed by atoms with Crippen LogP contribution in [-0.2, 0) is 10.0 Å². The van der Waals surface area contributed by atoms with E-state index in [4.69, 9.17) is 10.9 Å². The van der Waals surface area contributed by atoms with E-state index in [1.54, 1.807) is 24.3 Å². The molecular formula is C14H21N3O3S. The van der Waals surface area contributed by atoms with Gasteiger partial charge in [-0.1, -0.05) is 24.4 Å². The summed E-state index contributed by atoms with van der Waals surface area (Å²) in [5, 5.41) is 11.5. The Morgan fingerprint density at radius 2 is 1.86 bits per heavy atom. The van der Waals surface area contributed by atoms with Gasteiger partial charge >= 0.3 is 0 Å². The molecule has 1 aliphatic rings. The zero-order chi connectivity index (χ0) is 15.3. The lowest BCUT2D eigenvalue weighted by atomic mass is 9.91. The summed E-state index contributed by atoms with van der Waals surface area (Å²) < 4.78 is 26.9. The lowest BCUT2D eigenvalue weighted by molar-refractivity contribution is 0.318. The predicted octanol–water partition coefficient (Wildman–Crippen LogP) is 2.10. The van der Waals surface area contributed by atoms with E-state index in [-0.39, 0.29) is 17.5 Å². The molecule has 2 rings (SSSR count). The van der Waals surface area contributed by atoms with Crippen LogP contribution in [0.4, 0.5) is 5.69 Å². The number of anilines is 1. The lowest BCUT2D eigenvalue weighted by Crippen LogP contribution is -2.24. The summed E-state index contributed by atoms with van der Waals surface area (Å²) in [6, 6.07) is 6.42. The Balaban J connectivity index is 1.99. The molecule has 1 aliphatic carbocycles. The van der Waals surface area contributed by atoms with Crippen molar-refractivity contribution in [3.63, 3.8) is 0 Å². The van der Waals surface area contributed by atoms with Gasteiger partial charge in [0, 0.05) is 11.3 Å². The molecule has 0 bridgehead atoms. The summed E-state index contributed by atoms with van der Waals surface area (Å²) in [6.45, 7) is 0. The Kier molecular flexibility index (Phi) is 5.06. The number of hydrogen-bond acceptors (Lipinski definition) is 4. The van der Waals surface area contributed by atoms with Gasteiger partial charge in [-0.2, -0.15) is 0 Å². The number of nitrogens with zero attached hydrogens (tertiary/aromatic N) is 1. The fourth-order valence-corrected chi connectivity index (χ4v) is 4.18. The van der Waals surface area contributed by atoms with E-state index >= 15 is 0 Å². The molecule has 0 radical (unpaired) electrons. The van der Waals surface area contributed by atoms with E-state index in [0.717, 1.165) is 25.7 Å². The number of sulfonamides is 1. The number of rotatable bonds is 5. The van der Waals surface area contributed by atoms with Gasteiger partial charge in [0.15, 0.2) is 5.84 Å². The third-order valence-corrected chi connectivity index (χ3v) is 5.20. The van der Waals surface area contributed by atoms with Gasteiger partial charge in [-0.25, -0.2) is 8.42 Å². The van der Waals surface area contributed by atoms with Crippen LogP contribution < -0.4 is 10.5 Å². The maximum absolute atomic E-state index is 12.1. The second-order valence-electron chi connectivity index (χ2n) is 5.45. The quantitative estimate of drug-likeness (QED) is 0.335. The minimum Gasteiger partial charge on any atom is -0.409 e. The predicted molar refractivity (Wildman–Crippen MR) is 82.9 cm³/mol. The van der Waals surface area contributed by atoms with Crippen LogP contribution >= 0.6 is 0 Å². The van der Waals surface area contributed by atoms with Crippen LogP contribution in [0.25, 0.3) is 0 Å². The maximum atomic E-state index is 12.1. The van der Waals surface area contributed by atoms with E-state index in [0.29, 0.717) is 11.3 Å². The van der Waals surface area contributed by atoms with Gasteiger partial charge in [-0.3, -0.25) is 4.72 Å². The zero-order valence-electron chi connectivity index (χ0n) is 11.8. The summed E-state index contributed by atoms with van der Waals surface area (Å²) in [7, 11) is -3.33. The van der Waals surface area contributed by atoms with Gasteiger partial charge in [0.25, 0.3) is 0 Å². The Bertz CT molecular complexity index is 590. The zero-order valence-corrected chi connectivity index (χ0v) is 12.6. The third kappa shape index (κ3) is 4.63. The first-order chi connectivity index (χ1) is 10.00. The van der Waals surface area contributed by atoms with E-state index in [9.17, 15) is 8.42 Å². The minimum atomic E-state index is -3.33. The van der Waals surface area contributed by atoms with Crippen LogP contribution in [-0.4, -0.2) is 25.2 Å². The second-order valence-corrected chi connectivity index (χ2v) is 7.22. The third-order valence-electron chi connectivity index (χ3n) is 3.74. The molecule has 116 valence electrons. The molecule has 1 aromatic carbocycles. The first kappa shape index (κ1) is 15.6. The number of nitrogens with one attached hydrogen (secondary N) is 1. The number of nitrogens with two attached hydrogens (primary N) is 1. The van der Waals surface area contributed by atoms with Crippen molar-refractivity contribution < 1.29 is 13.6 Å². The summed E-state index contributed by atoms with van der Waals surface area (Å²) >= 11 is 0. The average Bonchev–Trinajstić information content (AvgIpc) is 2.47. The first-order valence-electron chi connectivity index (χ1n) is 7.08. The summed E-state index contributed by atoms with van der Waals surface area (Å²) in [4.78, 5) is 0. The van der Waals surface area contributed by atoms with Crippen LogP contribution in [0.5, 0.6) is 0 Å². The molecule has 6 nitrogen and oxygen atoms in total. The van der Waals surface area contributed by atoms with Crippen molar-refractivity contribution in [1.82, 2.24) is 0 Å². The first-order valence-corrected chi connectivity index (χ1v) is 8.74. The Morgan fingerprint density at radius 1 is 1.24 bits per heavy atom. The lowest BCUT2D eigenvalue weighted by Gasteiger charge is -2.21. The van der Waals surface area contributed by atoms with Gasteiger partial charge in [0.2, 0.25) is 10.0 Å². The summed E-state index contributed by atoms with van der Waals surface area (Å²) in [6.07, 6.45) is 5.43. The van der Waals surface area contributed by atoms with Crippen molar-refractivity contribution in [2.75, 3.05) is 10.5 Å². The Morgan fingerprint density at radius 3 is 2.43 bits per heavy atom. The molecular weight excluding hydrogens is 290 g/mol. The largest absolute Gasteiger partial charge is 0.409 e. The smallest absolute Gasteiger partial charge is 0.232 e. The molecule has 7 heteroatoms. The number of oxime groups is 1. The van der Waals surface area contributed by atoms with Crippen LogP contribution in [0.1, 0.15) is 37.7 Å². The van der Waals surface area contributed by atoms with Crippen LogP contribution in [0.15, 0.2) is 29.4 Å². The summed E-state index contributed by atoms with van der Waals surface area (Å²) in [5.41, 5.74) is 6.48. The van der Waals surface area contributed by atoms with Crippen LogP contribution in [0.2, 0.25) is 0 Å². The van der Waals surface area contributed by atoms with Crippen LogP contribution in [0.3, 0.4) is 0 Å². The van der Waals surface area contributed by atoms with Gasteiger partial charge in [0.05, 0.1) is 5.75 Å². The fraction of sp³-hybridized carbons (Fsp3) is 0.500. The molecule has 0 saturated heterocycles. The van der Waals surface area contributed by atoms with Crippen molar-refractivity contribution in [3.05, 3.63) is 29.8 Å². The molecule has 21 heavy (non-hydrogen) atoms. The highest BCUT2D eigenvalue weighted by molar-refractivity contribution is 7.92. The van der Waals surface area contributed by atoms with Crippen molar-refractivity contribution in [1.29, 1.82) is 0 Å². The van der Waals surface area contributed by atoms with Crippen molar-refractivity contribution in [3.8, 4) is 0 Å². The minimum absolute atomic E-state index is 0.00777. The Labute approximate surface area is 125 Å². The molecule has 1 saturated carbocycles. The molecule has 0 spiro atoms. The van der Waals surface area contributed by atoms with Gasteiger partial charge in [-0.15, -0.1) is 0 Å². The van der Waals surface area contributed by atoms with Crippen LogP contribution in [0, 0.1) is 5.92 Å². The number of hydrogen-bond donors (Lipinski definition) is 3. The molecule has 1 fully saturated rings. The molecule has 0 unspecified atom stereocenters. The SMILES string of the molecule is NC(=NO)c1ccc(NS(=O)(=O)CC2CCCCC2)cc1. The van der Waals surface area contributed by atoms with Crippen molar-refractivity contribution in [2.24, 2.45) is 16.8 Å². The number of benzene rings is 1. The van der Waals surface area contributed by atoms with Gasteiger partial charge < -0.3 is 10.9 Å². The summed E-state index contributed by atoms with van der Waals surface area (Å²) in [5.74, 6) is 0.425. The van der Waals surface area contributed by atoms with E-state index in [2.05, 4.69) is 9.88 Å². The van der Waals surface area contributed by atoms with Gasteiger partial charge in [0.1, 0.15) is 0 Å². The molecule has 0 atom stereocenters. The highest BCUT2D eigenvalue weighted by Gasteiger charge is 2.21. The molecule has 1 aromatic rings. The van der Waals surface area contributed by atoms with Gasteiger partial charge in [-0.05, 0) is 43.0 Å². The highest BCUT2D eigenvalue weighted by Crippen LogP contribution is 2.25. The second kappa shape index (κ2) is 6.80. The normalized spacial score (nSPS) is 17.6. The Hall–Kier alpha value is -1.76. The van der Waals surface area contributed by atoms with E-state index in [1.165, 1.54) is 6.42 Å². The standard InChI is InChI=1S/C14H21N3O3S/c15-14(16-18)12-6-8-13(9-7-12)17-21(19,20)10-11-4-2-1-3-5-11/h6-9,11,17-18H,1-5,10H2,(H2,15,16). The monoisotopic (exact) mass is 311 g/mol. The molecule has 0 heterocycles. The van der Waals surface area contributed by atoms with E-state index in [1.807, 2.05) is 0 Å². The van der Waals surface area contributed by atoms with E-state index < -0.39 is 10.0 Å². The molecule has 4 N–H and O–H groups in total. The van der Waals surface area contributed by atoms with Crippen molar-refractivity contribution >= 4 is 21.5 Å². The molecule has 0 aromatic heterocycles. The maximum Gasteiger partial charge on any atom is 0.232 e.